The van der Waals surface area contributed by atoms with Crippen molar-refractivity contribution in [3.8, 4) is 0 Å². The Morgan fingerprint density at radius 3 is 2.33 bits per heavy atom. The molecule has 0 bridgehead atoms. The summed E-state index contributed by atoms with van der Waals surface area (Å²) in [4.78, 5) is 13.3. The molecule has 2 atom stereocenters. The molecule has 0 aromatic heterocycles. The Kier molecular flexibility index (Phi) is 4.69. The van der Waals surface area contributed by atoms with E-state index in [4.69, 9.17) is 0 Å². The van der Waals surface area contributed by atoms with Crippen LogP contribution in [0.15, 0.2) is 0 Å². The zero-order chi connectivity index (χ0) is 15.7. The summed E-state index contributed by atoms with van der Waals surface area (Å²) in [5, 5.41) is 2.61. The number of urea groups is 1. The molecule has 9 heteroatoms. The molecule has 122 valence electrons. The lowest BCUT2D eigenvalue weighted by Gasteiger charge is -2.33. The molecule has 1 aliphatic heterocycles. The Morgan fingerprint density at radius 1 is 1.14 bits per heavy atom. The second-order valence-corrected chi connectivity index (χ2v) is 7.99. The molecular formula is C12H19F3N2O3S. The van der Waals surface area contributed by atoms with E-state index in [1.54, 1.807) is 0 Å². The number of alkyl halides is 3. The van der Waals surface area contributed by atoms with Crippen molar-refractivity contribution >= 4 is 15.9 Å². The second-order valence-electron chi connectivity index (χ2n) is 5.69. The van der Waals surface area contributed by atoms with Crippen molar-refractivity contribution in [1.29, 1.82) is 0 Å². The summed E-state index contributed by atoms with van der Waals surface area (Å²) < 4.78 is 60.7. The fourth-order valence-corrected chi connectivity index (χ4v) is 4.00. The summed E-state index contributed by atoms with van der Waals surface area (Å²) in [5.74, 6) is -1.54. The minimum absolute atomic E-state index is 0.0870. The second kappa shape index (κ2) is 6.02. The highest BCUT2D eigenvalue weighted by molar-refractivity contribution is 7.91. The molecule has 2 fully saturated rings. The van der Waals surface area contributed by atoms with E-state index >= 15 is 0 Å². The van der Waals surface area contributed by atoms with Crippen molar-refractivity contribution in [3.63, 3.8) is 0 Å². The van der Waals surface area contributed by atoms with Crippen LogP contribution in [0.5, 0.6) is 0 Å². The van der Waals surface area contributed by atoms with E-state index in [1.165, 1.54) is 4.90 Å². The Bertz CT molecular complexity index is 478. The third-order valence-electron chi connectivity index (χ3n) is 4.10. The highest BCUT2D eigenvalue weighted by Crippen LogP contribution is 2.37. The van der Waals surface area contributed by atoms with E-state index in [2.05, 4.69) is 5.32 Å². The first kappa shape index (κ1) is 16.4. The van der Waals surface area contributed by atoms with Crippen LogP contribution in [0.2, 0.25) is 0 Å². The molecule has 1 N–H and O–H groups in total. The number of carbonyl (C=O) groups excluding carboxylic acids is 1. The minimum Gasteiger partial charge on any atom is -0.335 e. The van der Waals surface area contributed by atoms with Crippen molar-refractivity contribution < 1.29 is 26.4 Å². The molecule has 1 aliphatic carbocycles. The van der Waals surface area contributed by atoms with Gasteiger partial charge in [0, 0.05) is 19.1 Å². The van der Waals surface area contributed by atoms with Gasteiger partial charge in [-0.1, -0.05) is 6.42 Å². The predicted octanol–water partition coefficient (Wildman–Crippen LogP) is 1.55. The van der Waals surface area contributed by atoms with Gasteiger partial charge in [0.1, 0.15) is 0 Å². The van der Waals surface area contributed by atoms with Gasteiger partial charge in [-0.25, -0.2) is 13.2 Å². The van der Waals surface area contributed by atoms with Crippen LogP contribution in [0.25, 0.3) is 0 Å². The minimum atomic E-state index is -4.22. The van der Waals surface area contributed by atoms with E-state index in [0.717, 1.165) is 0 Å². The quantitative estimate of drug-likeness (QED) is 0.794. The average molecular weight is 328 g/mol. The Morgan fingerprint density at radius 2 is 1.76 bits per heavy atom. The molecule has 2 rings (SSSR count). The highest BCUT2D eigenvalue weighted by Gasteiger charge is 2.42. The van der Waals surface area contributed by atoms with Crippen molar-refractivity contribution in [2.45, 2.75) is 37.9 Å². The van der Waals surface area contributed by atoms with E-state index in [-0.39, 0.29) is 37.4 Å². The smallest absolute Gasteiger partial charge is 0.335 e. The molecule has 1 saturated heterocycles. The molecule has 0 aromatic carbocycles. The molecule has 5 nitrogen and oxygen atoms in total. The third-order valence-corrected chi connectivity index (χ3v) is 5.71. The number of halogens is 3. The summed E-state index contributed by atoms with van der Waals surface area (Å²) in [6, 6.07) is -0.950. The molecule has 21 heavy (non-hydrogen) atoms. The molecule has 1 saturated carbocycles. The zero-order valence-corrected chi connectivity index (χ0v) is 12.3. The van der Waals surface area contributed by atoms with Gasteiger partial charge >= 0.3 is 12.2 Å². The summed E-state index contributed by atoms with van der Waals surface area (Å²) >= 11 is 0. The van der Waals surface area contributed by atoms with Gasteiger partial charge in [0.25, 0.3) is 0 Å². The van der Waals surface area contributed by atoms with Gasteiger partial charge in [0.15, 0.2) is 9.84 Å². The fourth-order valence-electron chi connectivity index (χ4n) is 2.80. The summed E-state index contributed by atoms with van der Waals surface area (Å²) in [6.45, 7) is 0.202. The van der Waals surface area contributed by atoms with Crippen molar-refractivity contribution in [2.75, 3.05) is 24.6 Å². The SMILES string of the molecule is O=C(NC1CCCC(C(F)(F)F)C1)N1CCS(=O)(=O)CC1. The number of rotatable bonds is 1. The fraction of sp³-hybridized carbons (Fsp3) is 0.917. The highest BCUT2D eigenvalue weighted by atomic mass is 32.2. The topological polar surface area (TPSA) is 66.5 Å². The molecule has 1 heterocycles. The first-order chi connectivity index (χ1) is 9.67. The summed E-state index contributed by atoms with van der Waals surface area (Å²) in [5.41, 5.74) is 0. The first-order valence-electron chi connectivity index (χ1n) is 7.00. The van der Waals surface area contributed by atoms with E-state index in [9.17, 15) is 26.4 Å². The normalized spacial score (nSPS) is 30.0. The van der Waals surface area contributed by atoms with Crippen molar-refractivity contribution in [1.82, 2.24) is 10.2 Å². The van der Waals surface area contributed by atoms with Gasteiger partial charge in [-0.2, -0.15) is 13.2 Å². The molecule has 2 amide bonds. The van der Waals surface area contributed by atoms with Crippen LogP contribution in [0, 0.1) is 5.92 Å². The van der Waals surface area contributed by atoms with Crippen LogP contribution >= 0.6 is 0 Å². The van der Waals surface area contributed by atoms with Crippen LogP contribution in [-0.2, 0) is 9.84 Å². The van der Waals surface area contributed by atoms with E-state index < -0.39 is 34.0 Å². The summed E-state index contributed by atoms with van der Waals surface area (Å²) in [7, 11) is -3.08. The maximum atomic E-state index is 12.7. The number of nitrogens with zero attached hydrogens (tertiary/aromatic N) is 1. The average Bonchev–Trinajstić information content (AvgIpc) is 2.37. The van der Waals surface area contributed by atoms with Gasteiger partial charge < -0.3 is 10.2 Å². The standard InChI is InChI=1S/C12H19F3N2O3S/c13-12(14,15)9-2-1-3-10(8-9)16-11(18)17-4-6-21(19,20)7-5-17/h9-10H,1-8H2,(H,16,18). The number of carbonyl (C=O) groups is 1. The molecular weight excluding hydrogens is 309 g/mol. The largest absolute Gasteiger partial charge is 0.391 e. The lowest BCUT2D eigenvalue weighted by Crippen LogP contribution is -2.51. The Labute approximate surface area is 121 Å². The lowest BCUT2D eigenvalue weighted by atomic mass is 9.85. The Balaban J connectivity index is 1.85. The molecule has 2 aliphatic rings. The van der Waals surface area contributed by atoms with Crippen LogP contribution in [0.1, 0.15) is 25.7 Å². The molecule has 2 unspecified atom stereocenters. The number of nitrogens with one attached hydrogen (secondary N) is 1. The first-order valence-corrected chi connectivity index (χ1v) is 8.82. The van der Waals surface area contributed by atoms with Gasteiger partial charge in [0.05, 0.1) is 17.4 Å². The van der Waals surface area contributed by atoms with Gasteiger partial charge in [-0.15, -0.1) is 0 Å². The van der Waals surface area contributed by atoms with E-state index in [1.807, 2.05) is 0 Å². The van der Waals surface area contributed by atoms with Crippen LogP contribution in [-0.4, -0.2) is 56.2 Å². The van der Waals surface area contributed by atoms with Gasteiger partial charge in [-0.3, -0.25) is 0 Å². The number of sulfone groups is 1. The van der Waals surface area contributed by atoms with Crippen LogP contribution < -0.4 is 5.32 Å². The van der Waals surface area contributed by atoms with Crippen molar-refractivity contribution in [3.05, 3.63) is 0 Å². The maximum Gasteiger partial charge on any atom is 0.391 e. The Hall–Kier alpha value is -0.990. The van der Waals surface area contributed by atoms with Gasteiger partial charge in [-0.05, 0) is 19.3 Å². The predicted molar refractivity (Wildman–Crippen MR) is 70.6 cm³/mol. The lowest BCUT2D eigenvalue weighted by molar-refractivity contribution is -0.183. The van der Waals surface area contributed by atoms with Crippen molar-refractivity contribution in [2.24, 2.45) is 5.92 Å². The zero-order valence-electron chi connectivity index (χ0n) is 11.5. The number of amides is 2. The monoisotopic (exact) mass is 328 g/mol. The number of hydrogen-bond acceptors (Lipinski definition) is 3. The van der Waals surface area contributed by atoms with E-state index in [0.29, 0.717) is 12.8 Å². The van der Waals surface area contributed by atoms with Crippen LogP contribution in [0.4, 0.5) is 18.0 Å². The van der Waals surface area contributed by atoms with Crippen LogP contribution in [0.3, 0.4) is 0 Å². The molecule has 0 aromatic rings. The number of hydrogen-bond donors (Lipinski definition) is 1. The van der Waals surface area contributed by atoms with Gasteiger partial charge in [0.2, 0.25) is 0 Å². The molecule has 0 radical (unpaired) electrons. The third kappa shape index (κ3) is 4.49. The maximum absolute atomic E-state index is 12.7. The summed E-state index contributed by atoms with van der Waals surface area (Å²) in [6.07, 6.45) is -3.24. The molecule has 0 spiro atoms.